The number of ether oxygens (including phenoxy) is 1. The van der Waals surface area contributed by atoms with E-state index >= 15 is 0 Å². The summed E-state index contributed by atoms with van der Waals surface area (Å²) in [6.07, 6.45) is 2.35. The molecule has 1 aromatic carbocycles. The van der Waals surface area contributed by atoms with E-state index in [-0.39, 0.29) is 17.7 Å². The molecule has 2 aromatic rings. The maximum atomic E-state index is 12.5. The smallest absolute Gasteiger partial charge is 0.225 e. The van der Waals surface area contributed by atoms with Gasteiger partial charge < -0.3 is 19.5 Å². The van der Waals surface area contributed by atoms with Crippen molar-refractivity contribution in [3.8, 4) is 5.75 Å². The van der Waals surface area contributed by atoms with Gasteiger partial charge in [0.25, 0.3) is 0 Å². The minimum absolute atomic E-state index is 0.0479. The van der Waals surface area contributed by atoms with Crippen molar-refractivity contribution in [1.82, 2.24) is 25.0 Å². The molecular weight excluding hydrogens is 402 g/mol. The average molecular weight is 432 g/mol. The molecule has 2 amide bonds. The van der Waals surface area contributed by atoms with Gasteiger partial charge in [-0.15, -0.1) is 0 Å². The van der Waals surface area contributed by atoms with E-state index in [0.29, 0.717) is 56.7 Å². The molecule has 0 radical (unpaired) electrons. The van der Waals surface area contributed by atoms with Crippen LogP contribution in [0.1, 0.15) is 32.0 Å². The molecule has 0 spiro atoms. The molecule has 1 aromatic heterocycles. The van der Waals surface area contributed by atoms with Crippen molar-refractivity contribution < 1.29 is 14.3 Å². The minimum atomic E-state index is -0.0541. The molecule has 0 bridgehead atoms. The predicted octanol–water partition coefficient (Wildman–Crippen LogP) is 2.33. The summed E-state index contributed by atoms with van der Waals surface area (Å²) in [6, 6.07) is 9.48. The molecule has 162 valence electrons. The largest absolute Gasteiger partial charge is 0.493 e. The van der Waals surface area contributed by atoms with E-state index in [0.717, 1.165) is 18.1 Å². The highest BCUT2D eigenvalue weighted by Crippen LogP contribution is 2.18. The fourth-order valence-electron chi connectivity index (χ4n) is 3.63. The minimum Gasteiger partial charge on any atom is -0.493 e. The highest BCUT2D eigenvalue weighted by atomic mass is 32.1. The number of carbonyl (C=O) groups is 2. The van der Waals surface area contributed by atoms with Crippen molar-refractivity contribution in [2.24, 2.45) is 5.92 Å². The molecule has 3 rings (SSSR count). The van der Waals surface area contributed by atoms with Crippen LogP contribution < -0.4 is 10.1 Å². The molecule has 0 aliphatic carbocycles. The summed E-state index contributed by atoms with van der Waals surface area (Å²) >= 11 is 5.18. The molecule has 0 unspecified atom stereocenters. The summed E-state index contributed by atoms with van der Waals surface area (Å²) in [5, 5.41) is 9.99. The van der Waals surface area contributed by atoms with Gasteiger partial charge in [-0.2, -0.15) is 5.10 Å². The lowest BCUT2D eigenvalue weighted by atomic mass is 9.95. The number of carbonyl (C=O) groups excluding carboxylic acids is 2. The zero-order valence-electron chi connectivity index (χ0n) is 17.3. The lowest BCUT2D eigenvalue weighted by molar-refractivity contribution is -0.136. The molecule has 0 atom stereocenters. The van der Waals surface area contributed by atoms with Crippen molar-refractivity contribution >= 4 is 24.0 Å². The van der Waals surface area contributed by atoms with Crippen LogP contribution in [0.4, 0.5) is 0 Å². The zero-order valence-corrected chi connectivity index (χ0v) is 18.1. The Morgan fingerprint density at radius 2 is 2.00 bits per heavy atom. The quantitative estimate of drug-likeness (QED) is 0.595. The first-order valence-electron chi connectivity index (χ1n) is 10.5. The lowest BCUT2D eigenvalue weighted by Gasteiger charge is -2.31. The third-order valence-electron chi connectivity index (χ3n) is 5.35. The summed E-state index contributed by atoms with van der Waals surface area (Å²) in [5.41, 5.74) is 0. The van der Waals surface area contributed by atoms with E-state index in [4.69, 9.17) is 17.0 Å². The molecule has 8 nitrogen and oxygen atoms in total. The zero-order chi connectivity index (χ0) is 21.3. The van der Waals surface area contributed by atoms with Gasteiger partial charge in [0.1, 0.15) is 11.6 Å². The average Bonchev–Trinajstić information content (AvgIpc) is 3.13. The van der Waals surface area contributed by atoms with Gasteiger partial charge in [0.15, 0.2) is 4.77 Å². The number of para-hydroxylation sites is 1. The number of benzene rings is 1. The Hall–Kier alpha value is -2.68. The van der Waals surface area contributed by atoms with Crippen LogP contribution in [0.2, 0.25) is 0 Å². The molecule has 2 heterocycles. The molecule has 1 aliphatic heterocycles. The number of H-pyrrole nitrogens is 1. The van der Waals surface area contributed by atoms with Crippen molar-refractivity contribution in [1.29, 1.82) is 0 Å². The number of nitrogens with one attached hydrogen (secondary N) is 2. The summed E-state index contributed by atoms with van der Waals surface area (Å²) < 4.78 is 8.12. The lowest BCUT2D eigenvalue weighted by Crippen LogP contribution is -2.43. The molecule has 0 saturated carbocycles. The molecule has 1 aliphatic rings. The number of aromatic nitrogens is 3. The van der Waals surface area contributed by atoms with E-state index in [1.54, 1.807) is 0 Å². The van der Waals surface area contributed by atoms with Crippen LogP contribution in [0.5, 0.6) is 5.75 Å². The number of hydrogen-bond donors (Lipinski definition) is 2. The van der Waals surface area contributed by atoms with Gasteiger partial charge in [0.2, 0.25) is 11.8 Å². The second kappa shape index (κ2) is 10.9. The van der Waals surface area contributed by atoms with Crippen molar-refractivity contribution in [3.05, 3.63) is 40.9 Å². The second-order valence-corrected chi connectivity index (χ2v) is 7.68. The summed E-state index contributed by atoms with van der Waals surface area (Å²) in [6.45, 7) is 4.86. The van der Waals surface area contributed by atoms with Gasteiger partial charge in [0.05, 0.1) is 13.0 Å². The van der Waals surface area contributed by atoms with Crippen molar-refractivity contribution in [3.63, 3.8) is 0 Å². The molecule has 2 N–H and O–H groups in total. The monoisotopic (exact) mass is 431 g/mol. The van der Waals surface area contributed by atoms with E-state index in [2.05, 4.69) is 15.5 Å². The van der Waals surface area contributed by atoms with Gasteiger partial charge in [-0.25, -0.2) is 0 Å². The van der Waals surface area contributed by atoms with Crippen LogP contribution in [-0.2, 0) is 22.6 Å². The first-order valence-corrected chi connectivity index (χ1v) is 10.9. The van der Waals surface area contributed by atoms with Crippen LogP contribution in [-0.4, -0.2) is 57.7 Å². The predicted molar refractivity (Wildman–Crippen MR) is 116 cm³/mol. The first kappa shape index (κ1) is 22.0. The third-order valence-corrected chi connectivity index (χ3v) is 5.66. The van der Waals surface area contributed by atoms with Crippen LogP contribution in [0.3, 0.4) is 0 Å². The standard InChI is InChI=1S/C21H29N5O3S/c1-2-26-18(23-24-21(26)30)8-12-22-20(28)16-9-13-25(14-10-16)19(27)11-15-29-17-6-4-3-5-7-17/h3-7,16H,2,8-15H2,1H3,(H,22,28)(H,24,30). The molecule has 1 fully saturated rings. The van der Waals surface area contributed by atoms with Gasteiger partial charge in [-0.1, -0.05) is 18.2 Å². The van der Waals surface area contributed by atoms with Crippen LogP contribution in [0.15, 0.2) is 30.3 Å². The highest BCUT2D eigenvalue weighted by Gasteiger charge is 2.27. The number of amides is 2. The van der Waals surface area contributed by atoms with E-state index in [9.17, 15) is 9.59 Å². The Kier molecular flexibility index (Phi) is 8.01. The van der Waals surface area contributed by atoms with E-state index in [1.807, 2.05) is 46.7 Å². The normalized spacial score (nSPS) is 14.5. The van der Waals surface area contributed by atoms with Crippen LogP contribution in [0, 0.1) is 10.7 Å². The molecule has 30 heavy (non-hydrogen) atoms. The van der Waals surface area contributed by atoms with Crippen LogP contribution in [0.25, 0.3) is 0 Å². The van der Waals surface area contributed by atoms with E-state index < -0.39 is 0 Å². The van der Waals surface area contributed by atoms with Gasteiger partial charge in [-0.05, 0) is 44.1 Å². The number of hydrogen-bond acceptors (Lipinski definition) is 5. The fourth-order valence-corrected chi connectivity index (χ4v) is 3.91. The Labute approximate surface area is 181 Å². The number of aromatic amines is 1. The Balaban J connectivity index is 1.34. The fraction of sp³-hybridized carbons (Fsp3) is 0.524. The maximum Gasteiger partial charge on any atom is 0.225 e. The summed E-state index contributed by atoms with van der Waals surface area (Å²) in [7, 11) is 0. The van der Waals surface area contributed by atoms with Gasteiger partial charge in [-0.3, -0.25) is 14.7 Å². The SMILES string of the molecule is CCn1c(CCNC(=O)C2CCN(C(=O)CCOc3ccccc3)CC2)n[nH]c1=S. The van der Waals surface area contributed by atoms with Gasteiger partial charge >= 0.3 is 0 Å². The molecular formula is C21H29N5O3S. The topological polar surface area (TPSA) is 92.2 Å². The summed E-state index contributed by atoms with van der Waals surface area (Å²) in [5.74, 6) is 1.69. The van der Waals surface area contributed by atoms with Crippen LogP contribution >= 0.6 is 12.2 Å². The first-order chi connectivity index (χ1) is 14.6. The number of rotatable bonds is 9. The number of likely N-dealkylation sites (tertiary alicyclic amines) is 1. The van der Waals surface area contributed by atoms with E-state index in [1.165, 1.54) is 0 Å². The van der Waals surface area contributed by atoms with Crippen molar-refractivity contribution in [2.75, 3.05) is 26.2 Å². The highest BCUT2D eigenvalue weighted by molar-refractivity contribution is 7.71. The Morgan fingerprint density at radius 1 is 1.27 bits per heavy atom. The Bertz CT molecular complexity index is 888. The molecule has 9 heteroatoms. The van der Waals surface area contributed by atoms with Crippen molar-refractivity contribution in [2.45, 2.75) is 39.2 Å². The van der Waals surface area contributed by atoms with Gasteiger partial charge in [0, 0.05) is 38.5 Å². The number of piperidine rings is 1. The second-order valence-electron chi connectivity index (χ2n) is 7.30. The maximum absolute atomic E-state index is 12.5. The Morgan fingerprint density at radius 3 is 2.70 bits per heavy atom. The molecule has 1 saturated heterocycles. The summed E-state index contributed by atoms with van der Waals surface area (Å²) in [4.78, 5) is 26.7. The number of nitrogens with zero attached hydrogens (tertiary/aromatic N) is 3. The third kappa shape index (κ3) is 5.91.